The zero-order valence-corrected chi connectivity index (χ0v) is 9.92. The van der Waals surface area contributed by atoms with Crippen LogP contribution < -0.4 is 5.73 Å². The lowest BCUT2D eigenvalue weighted by Crippen LogP contribution is -2.24. The molecular formula is C13H21NO. The Kier molecular flexibility index (Phi) is 4.79. The van der Waals surface area contributed by atoms with Gasteiger partial charge in [-0.05, 0) is 37.0 Å². The number of hydrogen-bond donors (Lipinski definition) is 1. The van der Waals surface area contributed by atoms with Gasteiger partial charge >= 0.3 is 0 Å². The largest absolute Gasteiger partial charge is 0.375 e. The third kappa shape index (κ3) is 4.02. The summed E-state index contributed by atoms with van der Waals surface area (Å²) in [7, 11) is 0. The molecule has 2 N–H and O–H groups in total. The molecule has 84 valence electrons. The van der Waals surface area contributed by atoms with Crippen molar-refractivity contribution in [2.75, 3.05) is 6.61 Å². The predicted octanol–water partition coefficient (Wildman–Crippen LogP) is 2.56. The van der Waals surface area contributed by atoms with Crippen LogP contribution in [-0.4, -0.2) is 12.6 Å². The van der Waals surface area contributed by atoms with E-state index in [4.69, 9.17) is 10.5 Å². The van der Waals surface area contributed by atoms with Crippen LogP contribution in [-0.2, 0) is 11.3 Å². The second-order valence-corrected chi connectivity index (χ2v) is 4.10. The third-order valence-electron chi connectivity index (χ3n) is 2.70. The van der Waals surface area contributed by atoms with Crippen LogP contribution in [0.15, 0.2) is 18.2 Å². The minimum Gasteiger partial charge on any atom is -0.375 e. The molecule has 0 radical (unpaired) electrons. The molecule has 0 amide bonds. The van der Waals surface area contributed by atoms with Crippen molar-refractivity contribution < 1.29 is 4.74 Å². The Morgan fingerprint density at radius 1 is 1.27 bits per heavy atom. The molecule has 1 aromatic carbocycles. The highest BCUT2D eigenvalue weighted by molar-refractivity contribution is 5.29. The van der Waals surface area contributed by atoms with Crippen molar-refractivity contribution in [3.05, 3.63) is 34.9 Å². The third-order valence-corrected chi connectivity index (χ3v) is 2.70. The van der Waals surface area contributed by atoms with E-state index in [0.29, 0.717) is 13.2 Å². The van der Waals surface area contributed by atoms with Gasteiger partial charge in [0.05, 0.1) is 13.2 Å². The van der Waals surface area contributed by atoms with Crippen LogP contribution in [0, 0.1) is 13.8 Å². The SMILES string of the molecule is CC[C@H](N)COCc1ccc(C)c(C)c1. The first kappa shape index (κ1) is 12.2. The van der Waals surface area contributed by atoms with Crippen molar-refractivity contribution in [3.63, 3.8) is 0 Å². The molecule has 2 nitrogen and oxygen atoms in total. The zero-order valence-electron chi connectivity index (χ0n) is 9.92. The highest BCUT2D eigenvalue weighted by Gasteiger charge is 2.00. The Balaban J connectivity index is 2.41. The van der Waals surface area contributed by atoms with Crippen LogP contribution in [0.3, 0.4) is 0 Å². The first-order valence-electron chi connectivity index (χ1n) is 5.53. The van der Waals surface area contributed by atoms with E-state index < -0.39 is 0 Å². The lowest BCUT2D eigenvalue weighted by molar-refractivity contribution is 0.107. The fraction of sp³-hybridized carbons (Fsp3) is 0.538. The minimum absolute atomic E-state index is 0.163. The average molecular weight is 207 g/mol. The molecule has 0 spiro atoms. The maximum absolute atomic E-state index is 5.77. The summed E-state index contributed by atoms with van der Waals surface area (Å²) < 4.78 is 5.54. The number of benzene rings is 1. The summed E-state index contributed by atoms with van der Waals surface area (Å²) in [6.45, 7) is 7.62. The van der Waals surface area contributed by atoms with Crippen molar-refractivity contribution in [2.45, 2.75) is 39.8 Å². The van der Waals surface area contributed by atoms with Crippen molar-refractivity contribution >= 4 is 0 Å². The van der Waals surface area contributed by atoms with Crippen molar-refractivity contribution in [3.8, 4) is 0 Å². The lowest BCUT2D eigenvalue weighted by Gasteiger charge is -2.10. The Morgan fingerprint density at radius 3 is 2.60 bits per heavy atom. The lowest BCUT2D eigenvalue weighted by atomic mass is 10.1. The maximum atomic E-state index is 5.77. The molecule has 1 rings (SSSR count). The van der Waals surface area contributed by atoms with E-state index in [1.807, 2.05) is 0 Å². The second-order valence-electron chi connectivity index (χ2n) is 4.10. The smallest absolute Gasteiger partial charge is 0.0717 e. The van der Waals surface area contributed by atoms with Crippen LogP contribution in [0.1, 0.15) is 30.0 Å². The van der Waals surface area contributed by atoms with E-state index in [1.54, 1.807) is 0 Å². The number of aryl methyl sites for hydroxylation is 2. The molecule has 1 atom stereocenters. The summed E-state index contributed by atoms with van der Waals surface area (Å²) in [5.74, 6) is 0. The summed E-state index contributed by atoms with van der Waals surface area (Å²) in [6.07, 6.45) is 0.965. The first-order chi connectivity index (χ1) is 7.13. The number of ether oxygens (including phenoxy) is 1. The van der Waals surface area contributed by atoms with Crippen LogP contribution in [0.25, 0.3) is 0 Å². The molecule has 2 heteroatoms. The predicted molar refractivity (Wildman–Crippen MR) is 63.8 cm³/mol. The van der Waals surface area contributed by atoms with Gasteiger partial charge in [0.2, 0.25) is 0 Å². The van der Waals surface area contributed by atoms with E-state index in [0.717, 1.165) is 6.42 Å². The van der Waals surface area contributed by atoms with Crippen molar-refractivity contribution in [2.24, 2.45) is 5.73 Å². The van der Waals surface area contributed by atoms with Gasteiger partial charge in [-0.15, -0.1) is 0 Å². The van der Waals surface area contributed by atoms with Gasteiger partial charge in [0.25, 0.3) is 0 Å². The van der Waals surface area contributed by atoms with Crippen LogP contribution in [0.4, 0.5) is 0 Å². The zero-order chi connectivity index (χ0) is 11.3. The number of rotatable bonds is 5. The number of hydrogen-bond acceptors (Lipinski definition) is 2. The molecule has 0 bridgehead atoms. The molecule has 0 saturated carbocycles. The summed E-state index contributed by atoms with van der Waals surface area (Å²) in [6, 6.07) is 6.58. The summed E-state index contributed by atoms with van der Waals surface area (Å²) in [4.78, 5) is 0. The molecule has 0 aromatic heterocycles. The Labute approximate surface area is 92.4 Å². The topological polar surface area (TPSA) is 35.2 Å². The Morgan fingerprint density at radius 2 is 2.00 bits per heavy atom. The van der Waals surface area contributed by atoms with Gasteiger partial charge in [-0.2, -0.15) is 0 Å². The van der Waals surface area contributed by atoms with E-state index in [-0.39, 0.29) is 6.04 Å². The van der Waals surface area contributed by atoms with Crippen LogP contribution in [0.5, 0.6) is 0 Å². The highest BCUT2D eigenvalue weighted by Crippen LogP contribution is 2.10. The molecule has 0 aliphatic carbocycles. The van der Waals surface area contributed by atoms with Gasteiger partial charge in [0.15, 0.2) is 0 Å². The maximum Gasteiger partial charge on any atom is 0.0717 e. The molecule has 0 fully saturated rings. The fourth-order valence-corrected chi connectivity index (χ4v) is 1.34. The van der Waals surface area contributed by atoms with Gasteiger partial charge in [0.1, 0.15) is 0 Å². The first-order valence-corrected chi connectivity index (χ1v) is 5.53. The van der Waals surface area contributed by atoms with Gasteiger partial charge in [-0.1, -0.05) is 25.1 Å². The molecule has 1 aromatic rings. The molecule has 0 heterocycles. The van der Waals surface area contributed by atoms with Gasteiger partial charge in [-0.3, -0.25) is 0 Å². The second kappa shape index (κ2) is 5.89. The summed E-state index contributed by atoms with van der Waals surface area (Å²) in [5.41, 5.74) is 9.63. The van der Waals surface area contributed by atoms with E-state index in [9.17, 15) is 0 Å². The standard InChI is InChI=1S/C13H21NO/c1-4-13(14)9-15-8-12-6-5-10(2)11(3)7-12/h5-7,13H,4,8-9,14H2,1-3H3/t13-/m0/s1. The summed E-state index contributed by atoms with van der Waals surface area (Å²) in [5, 5.41) is 0. The monoisotopic (exact) mass is 207 g/mol. The van der Waals surface area contributed by atoms with Crippen LogP contribution in [0.2, 0.25) is 0 Å². The molecule has 0 aliphatic rings. The summed E-state index contributed by atoms with van der Waals surface area (Å²) >= 11 is 0. The molecular weight excluding hydrogens is 186 g/mol. The molecule has 15 heavy (non-hydrogen) atoms. The highest BCUT2D eigenvalue weighted by atomic mass is 16.5. The molecule has 0 unspecified atom stereocenters. The molecule has 0 saturated heterocycles. The van der Waals surface area contributed by atoms with Crippen molar-refractivity contribution in [1.82, 2.24) is 0 Å². The van der Waals surface area contributed by atoms with E-state index in [1.165, 1.54) is 16.7 Å². The van der Waals surface area contributed by atoms with Gasteiger partial charge in [0, 0.05) is 6.04 Å². The van der Waals surface area contributed by atoms with Gasteiger partial charge in [-0.25, -0.2) is 0 Å². The quantitative estimate of drug-likeness (QED) is 0.805. The average Bonchev–Trinajstić information content (AvgIpc) is 2.23. The fourth-order valence-electron chi connectivity index (χ4n) is 1.34. The van der Waals surface area contributed by atoms with Crippen LogP contribution >= 0.6 is 0 Å². The normalized spacial score (nSPS) is 12.8. The minimum atomic E-state index is 0.163. The molecule has 0 aliphatic heterocycles. The van der Waals surface area contributed by atoms with E-state index >= 15 is 0 Å². The Bertz CT molecular complexity index is 309. The van der Waals surface area contributed by atoms with Crippen molar-refractivity contribution in [1.29, 1.82) is 0 Å². The van der Waals surface area contributed by atoms with Gasteiger partial charge < -0.3 is 10.5 Å². The Hall–Kier alpha value is -0.860. The van der Waals surface area contributed by atoms with E-state index in [2.05, 4.69) is 39.0 Å². The number of nitrogens with two attached hydrogens (primary N) is 1.